The summed E-state index contributed by atoms with van der Waals surface area (Å²) in [6.45, 7) is 7.63. The van der Waals surface area contributed by atoms with Crippen LogP contribution >= 0.6 is 0 Å². The van der Waals surface area contributed by atoms with Gasteiger partial charge in [-0.2, -0.15) is 0 Å². The van der Waals surface area contributed by atoms with Gasteiger partial charge in [-0.25, -0.2) is 0 Å². The molecule has 1 saturated heterocycles. The quantitative estimate of drug-likeness (QED) is 0.495. The number of anilines is 2. The molecule has 4 rings (SSSR count). The topological polar surface area (TPSA) is 42.1 Å². The fourth-order valence-corrected chi connectivity index (χ4v) is 3.43. The third-order valence-corrected chi connectivity index (χ3v) is 5.10. The van der Waals surface area contributed by atoms with Crippen LogP contribution in [0.2, 0.25) is 0 Å². The minimum Gasteiger partial charge on any atom is -0.491 e. The molecule has 4 heteroatoms. The Labute approximate surface area is 178 Å². The van der Waals surface area contributed by atoms with Crippen LogP contribution in [-0.4, -0.2) is 25.2 Å². The molecule has 1 aliphatic heterocycles. The molecule has 0 N–H and O–H groups in total. The number of hydrogen-bond acceptors (Lipinski definition) is 3. The van der Waals surface area contributed by atoms with E-state index in [9.17, 15) is 4.79 Å². The lowest BCUT2D eigenvalue weighted by atomic mass is 9.83. The molecule has 1 atom stereocenters. The van der Waals surface area contributed by atoms with Gasteiger partial charge in [-0.1, -0.05) is 57.2 Å². The third kappa shape index (κ3) is 4.55. The van der Waals surface area contributed by atoms with Crippen LogP contribution in [0.5, 0.6) is 5.75 Å². The molecule has 1 fully saturated rings. The Kier molecular flexibility index (Phi) is 5.60. The molecule has 1 amide bonds. The number of hydrogen-bond donors (Lipinski definition) is 0. The summed E-state index contributed by atoms with van der Waals surface area (Å²) in [6.07, 6.45) is 0.191. The van der Waals surface area contributed by atoms with Gasteiger partial charge >= 0.3 is 0 Å². The molecule has 0 bridgehead atoms. The average Bonchev–Trinajstić information content (AvgIpc) is 3.58. The Balaban J connectivity index is 1.75. The van der Waals surface area contributed by atoms with Crippen molar-refractivity contribution in [3.05, 3.63) is 90.0 Å². The van der Waals surface area contributed by atoms with Crippen molar-refractivity contribution in [2.24, 2.45) is 0 Å². The van der Waals surface area contributed by atoms with Gasteiger partial charge in [0.05, 0.1) is 6.61 Å². The smallest absolute Gasteiger partial charge is 0.263 e. The van der Waals surface area contributed by atoms with E-state index in [1.165, 1.54) is 0 Å². The Bertz CT molecular complexity index is 966. The van der Waals surface area contributed by atoms with Crippen molar-refractivity contribution in [1.82, 2.24) is 0 Å². The van der Waals surface area contributed by atoms with Gasteiger partial charge in [-0.05, 0) is 53.4 Å². The highest BCUT2D eigenvalue weighted by Crippen LogP contribution is 2.34. The molecule has 0 spiro atoms. The number of para-hydroxylation sites is 2. The fourth-order valence-electron chi connectivity index (χ4n) is 3.43. The molecule has 0 saturated carbocycles. The van der Waals surface area contributed by atoms with Crippen LogP contribution in [0.3, 0.4) is 0 Å². The van der Waals surface area contributed by atoms with E-state index in [2.05, 4.69) is 20.8 Å². The second-order valence-corrected chi connectivity index (χ2v) is 8.54. The maximum absolute atomic E-state index is 13.9. The zero-order valence-electron chi connectivity index (χ0n) is 17.7. The van der Waals surface area contributed by atoms with E-state index >= 15 is 0 Å². The van der Waals surface area contributed by atoms with Crippen molar-refractivity contribution in [1.29, 1.82) is 0 Å². The van der Waals surface area contributed by atoms with Crippen LogP contribution in [0.4, 0.5) is 11.4 Å². The summed E-state index contributed by atoms with van der Waals surface area (Å²) in [6, 6.07) is 25.2. The molecule has 154 valence electrons. The average molecular weight is 402 g/mol. The maximum Gasteiger partial charge on any atom is 0.263 e. The van der Waals surface area contributed by atoms with Gasteiger partial charge in [0, 0.05) is 16.9 Å². The van der Waals surface area contributed by atoms with E-state index < -0.39 is 0 Å². The lowest BCUT2D eigenvalue weighted by molar-refractivity contribution is 0.0997. The largest absolute Gasteiger partial charge is 0.491 e. The van der Waals surface area contributed by atoms with Gasteiger partial charge in [0.25, 0.3) is 5.91 Å². The molecule has 3 aromatic carbocycles. The molecule has 1 heterocycles. The van der Waals surface area contributed by atoms with Gasteiger partial charge in [0.1, 0.15) is 18.5 Å². The molecule has 0 aliphatic carbocycles. The van der Waals surface area contributed by atoms with Crippen molar-refractivity contribution in [2.75, 3.05) is 18.1 Å². The Morgan fingerprint density at radius 1 is 0.967 bits per heavy atom. The van der Waals surface area contributed by atoms with Crippen LogP contribution in [0, 0.1) is 0 Å². The SMILES string of the molecule is CC(C)(C)c1cc(OCC2CO2)ccc1C(=O)N(c1ccccc1)c1ccccc1. The number of nitrogens with zero attached hydrogens (tertiary/aromatic N) is 1. The predicted octanol–water partition coefficient (Wildman–Crippen LogP) is 5.74. The number of ether oxygens (including phenoxy) is 2. The minimum atomic E-state index is -0.223. The Morgan fingerprint density at radius 2 is 1.53 bits per heavy atom. The van der Waals surface area contributed by atoms with Gasteiger partial charge in [-0.3, -0.25) is 9.69 Å². The molecule has 1 aliphatic rings. The molecule has 0 radical (unpaired) electrons. The first-order valence-electron chi connectivity index (χ1n) is 10.3. The summed E-state index contributed by atoms with van der Waals surface area (Å²) in [5.41, 5.74) is 3.07. The summed E-state index contributed by atoms with van der Waals surface area (Å²) < 4.78 is 11.1. The number of carbonyl (C=O) groups is 1. The molecular formula is C26H27NO3. The molecular weight excluding hydrogens is 374 g/mol. The lowest BCUT2D eigenvalue weighted by Crippen LogP contribution is -2.29. The van der Waals surface area contributed by atoms with Crippen molar-refractivity contribution < 1.29 is 14.3 Å². The zero-order chi connectivity index (χ0) is 21.1. The van der Waals surface area contributed by atoms with E-state index in [0.29, 0.717) is 12.2 Å². The summed E-state index contributed by atoms with van der Waals surface area (Å²) in [4.78, 5) is 15.6. The highest BCUT2D eigenvalue weighted by atomic mass is 16.6. The summed E-state index contributed by atoms with van der Waals surface area (Å²) in [5, 5.41) is 0. The van der Waals surface area contributed by atoms with Gasteiger partial charge in [0.2, 0.25) is 0 Å². The Hall–Kier alpha value is -3.11. The number of epoxide rings is 1. The highest BCUT2D eigenvalue weighted by Gasteiger charge is 2.28. The van der Waals surface area contributed by atoms with Gasteiger partial charge in [-0.15, -0.1) is 0 Å². The van der Waals surface area contributed by atoms with Crippen LogP contribution < -0.4 is 9.64 Å². The number of amides is 1. The first kappa shape index (κ1) is 20.2. The summed E-state index contributed by atoms with van der Waals surface area (Å²) in [7, 11) is 0. The zero-order valence-corrected chi connectivity index (χ0v) is 17.7. The van der Waals surface area contributed by atoms with Crippen LogP contribution in [0.1, 0.15) is 36.7 Å². The fraction of sp³-hybridized carbons (Fsp3) is 0.269. The second-order valence-electron chi connectivity index (χ2n) is 8.54. The highest BCUT2D eigenvalue weighted by molar-refractivity contribution is 6.12. The van der Waals surface area contributed by atoms with Gasteiger partial charge < -0.3 is 9.47 Å². The van der Waals surface area contributed by atoms with E-state index in [1.807, 2.05) is 78.9 Å². The van der Waals surface area contributed by atoms with Crippen LogP contribution in [-0.2, 0) is 10.2 Å². The van der Waals surface area contributed by atoms with E-state index in [1.54, 1.807) is 4.90 Å². The lowest BCUT2D eigenvalue weighted by Gasteiger charge is -2.28. The van der Waals surface area contributed by atoms with Crippen molar-refractivity contribution >= 4 is 17.3 Å². The summed E-state index contributed by atoms with van der Waals surface area (Å²) in [5.74, 6) is 0.701. The molecule has 3 aromatic rings. The number of rotatable bonds is 6. The number of carbonyl (C=O) groups excluding carboxylic acids is 1. The standard InChI is InChI=1S/C26H27NO3/c1-26(2,3)24-16-21(29-17-22-18-30-22)14-15-23(24)25(28)27(19-10-6-4-7-11-19)20-12-8-5-9-13-20/h4-16,22H,17-18H2,1-3H3. The monoisotopic (exact) mass is 401 g/mol. The first-order chi connectivity index (χ1) is 14.4. The maximum atomic E-state index is 13.9. The molecule has 4 nitrogen and oxygen atoms in total. The van der Waals surface area contributed by atoms with Crippen LogP contribution in [0.15, 0.2) is 78.9 Å². The molecule has 1 unspecified atom stereocenters. The number of benzene rings is 3. The van der Waals surface area contributed by atoms with E-state index in [0.717, 1.165) is 29.3 Å². The van der Waals surface area contributed by atoms with Gasteiger partial charge in [0.15, 0.2) is 0 Å². The summed E-state index contributed by atoms with van der Waals surface area (Å²) >= 11 is 0. The molecule has 0 aromatic heterocycles. The van der Waals surface area contributed by atoms with Crippen molar-refractivity contribution in [3.8, 4) is 5.75 Å². The first-order valence-corrected chi connectivity index (χ1v) is 10.3. The van der Waals surface area contributed by atoms with E-state index in [4.69, 9.17) is 9.47 Å². The van der Waals surface area contributed by atoms with Crippen LogP contribution in [0.25, 0.3) is 0 Å². The molecule has 30 heavy (non-hydrogen) atoms. The predicted molar refractivity (Wildman–Crippen MR) is 120 cm³/mol. The Morgan fingerprint density at radius 3 is 2.03 bits per heavy atom. The second kappa shape index (κ2) is 8.33. The normalized spacial score (nSPS) is 15.5. The van der Waals surface area contributed by atoms with E-state index in [-0.39, 0.29) is 17.4 Å². The third-order valence-electron chi connectivity index (χ3n) is 5.10. The van der Waals surface area contributed by atoms with Crippen molar-refractivity contribution in [3.63, 3.8) is 0 Å². The van der Waals surface area contributed by atoms with Crippen molar-refractivity contribution in [2.45, 2.75) is 32.3 Å². The minimum absolute atomic E-state index is 0.0607.